The third-order valence-corrected chi connectivity index (χ3v) is 3.75. The van der Waals surface area contributed by atoms with Gasteiger partial charge in [-0.1, -0.05) is 11.6 Å². The predicted molar refractivity (Wildman–Crippen MR) is 96.1 cm³/mol. The topological polar surface area (TPSA) is 67.7 Å². The number of nitrogens with one attached hydrogen (secondary N) is 2. The molecule has 0 unspecified atom stereocenters. The van der Waals surface area contributed by atoms with Crippen molar-refractivity contribution in [2.45, 2.75) is 20.4 Å². The Kier molecular flexibility index (Phi) is 4.78. The van der Waals surface area contributed by atoms with Gasteiger partial charge >= 0.3 is 0 Å². The largest absolute Gasteiger partial charge is 0.339 e. The molecule has 0 saturated carbocycles. The Morgan fingerprint density at radius 2 is 1.92 bits per heavy atom. The highest BCUT2D eigenvalue weighted by Gasteiger charge is 2.13. The summed E-state index contributed by atoms with van der Waals surface area (Å²) in [6.45, 7) is 4.58. The van der Waals surface area contributed by atoms with E-state index in [1.54, 1.807) is 6.20 Å². The van der Waals surface area contributed by atoms with Gasteiger partial charge in [0.25, 0.3) is 0 Å². The summed E-state index contributed by atoms with van der Waals surface area (Å²) in [6.07, 6.45) is 1.72. The molecule has 1 aromatic carbocycles. The Balaban J connectivity index is 1.99. The molecule has 3 aromatic rings. The van der Waals surface area contributed by atoms with Crippen LogP contribution in [0.1, 0.15) is 17.1 Å². The molecule has 0 aliphatic rings. The molecular formula is C17H19ClN6. The average Bonchev–Trinajstić information content (AvgIpc) is 2.90. The van der Waals surface area contributed by atoms with Crippen LogP contribution in [0.4, 0.5) is 11.5 Å². The van der Waals surface area contributed by atoms with E-state index in [1.807, 2.05) is 55.9 Å². The molecule has 6 nitrogen and oxygen atoms in total. The normalized spacial score (nSPS) is 10.8. The lowest BCUT2D eigenvalue weighted by Gasteiger charge is -2.12. The smallest absolute Gasteiger partial charge is 0.178 e. The number of halogens is 1. The summed E-state index contributed by atoms with van der Waals surface area (Å²) < 4.78 is 1.82. The number of nitrogens with zero attached hydrogens (tertiary/aromatic N) is 4. The summed E-state index contributed by atoms with van der Waals surface area (Å²) in [6, 6.07) is 9.47. The maximum Gasteiger partial charge on any atom is 0.178 e. The van der Waals surface area contributed by atoms with Crippen LogP contribution in [-0.2, 0) is 6.54 Å². The number of benzene rings is 1. The molecule has 0 aliphatic carbocycles. The van der Waals surface area contributed by atoms with Crippen molar-refractivity contribution in [2.75, 3.05) is 12.4 Å². The Labute approximate surface area is 145 Å². The van der Waals surface area contributed by atoms with Crippen LogP contribution in [-0.4, -0.2) is 26.8 Å². The van der Waals surface area contributed by atoms with Crippen LogP contribution in [0, 0.1) is 13.8 Å². The first-order valence-electron chi connectivity index (χ1n) is 7.63. The Morgan fingerprint density at radius 1 is 1.17 bits per heavy atom. The fourth-order valence-corrected chi connectivity index (χ4v) is 2.58. The predicted octanol–water partition coefficient (Wildman–Crippen LogP) is 3.40. The molecule has 7 heteroatoms. The highest BCUT2D eigenvalue weighted by atomic mass is 35.5. The van der Waals surface area contributed by atoms with Gasteiger partial charge in [0.05, 0.1) is 17.6 Å². The molecule has 0 radical (unpaired) electrons. The molecule has 0 bridgehead atoms. The van der Waals surface area contributed by atoms with Gasteiger partial charge in [-0.05, 0) is 51.2 Å². The minimum atomic E-state index is 0.613. The maximum absolute atomic E-state index is 5.92. The SMILES string of the molecule is CNCc1ncc(Nc2ccc(Cl)cc2)nc1-n1nc(C)cc1C. The van der Waals surface area contributed by atoms with Crippen LogP contribution in [0.15, 0.2) is 36.5 Å². The van der Waals surface area contributed by atoms with Crippen molar-refractivity contribution in [3.05, 3.63) is 58.6 Å². The molecule has 0 spiro atoms. The van der Waals surface area contributed by atoms with Crippen LogP contribution in [0.3, 0.4) is 0 Å². The van der Waals surface area contributed by atoms with Gasteiger partial charge in [-0.2, -0.15) is 5.10 Å². The summed E-state index contributed by atoms with van der Waals surface area (Å²) in [7, 11) is 1.88. The maximum atomic E-state index is 5.92. The third kappa shape index (κ3) is 3.55. The van der Waals surface area contributed by atoms with Crippen LogP contribution in [0.5, 0.6) is 0 Å². The third-order valence-electron chi connectivity index (χ3n) is 3.50. The van der Waals surface area contributed by atoms with Gasteiger partial charge in [0, 0.05) is 22.9 Å². The van der Waals surface area contributed by atoms with Crippen molar-refractivity contribution in [2.24, 2.45) is 0 Å². The van der Waals surface area contributed by atoms with Crippen molar-refractivity contribution in [3.8, 4) is 5.82 Å². The lowest BCUT2D eigenvalue weighted by molar-refractivity contribution is 0.733. The van der Waals surface area contributed by atoms with E-state index in [9.17, 15) is 0 Å². The first-order valence-corrected chi connectivity index (χ1v) is 8.01. The Hall–Kier alpha value is -2.44. The highest BCUT2D eigenvalue weighted by Crippen LogP contribution is 2.20. The van der Waals surface area contributed by atoms with E-state index < -0.39 is 0 Å². The van der Waals surface area contributed by atoms with Crippen LogP contribution in [0.2, 0.25) is 5.02 Å². The molecule has 24 heavy (non-hydrogen) atoms. The quantitative estimate of drug-likeness (QED) is 0.744. The molecule has 0 aliphatic heterocycles. The second-order valence-electron chi connectivity index (χ2n) is 5.53. The molecule has 0 atom stereocenters. The number of hydrogen-bond acceptors (Lipinski definition) is 5. The molecular weight excluding hydrogens is 324 g/mol. The Bertz CT molecular complexity index is 841. The summed E-state index contributed by atoms with van der Waals surface area (Å²) in [5, 5.41) is 11.6. The molecule has 0 fully saturated rings. The van der Waals surface area contributed by atoms with Crippen LogP contribution >= 0.6 is 11.6 Å². The molecule has 3 rings (SSSR count). The number of anilines is 2. The van der Waals surface area contributed by atoms with Crippen molar-refractivity contribution in [1.82, 2.24) is 25.1 Å². The second kappa shape index (κ2) is 6.98. The van der Waals surface area contributed by atoms with Gasteiger partial charge in [0.2, 0.25) is 0 Å². The summed E-state index contributed by atoms with van der Waals surface area (Å²) in [5.74, 6) is 1.37. The van der Waals surface area contributed by atoms with Crippen molar-refractivity contribution in [1.29, 1.82) is 0 Å². The van der Waals surface area contributed by atoms with Gasteiger partial charge in [-0.25, -0.2) is 9.67 Å². The zero-order valence-electron chi connectivity index (χ0n) is 13.8. The van der Waals surface area contributed by atoms with Gasteiger partial charge < -0.3 is 10.6 Å². The van der Waals surface area contributed by atoms with Gasteiger partial charge in [0.15, 0.2) is 11.6 Å². The zero-order valence-corrected chi connectivity index (χ0v) is 14.6. The van der Waals surface area contributed by atoms with Crippen molar-refractivity contribution < 1.29 is 0 Å². The van der Waals surface area contributed by atoms with E-state index in [2.05, 4.69) is 20.7 Å². The Morgan fingerprint density at radius 3 is 2.54 bits per heavy atom. The summed E-state index contributed by atoms with van der Waals surface area (Å²) >= 11 is 5.92. The van der Waals surface area contributed by atoms with E-state index in [0.29, 0.717) is 23.2 Å². The van der Waals surface area contributed by atoms with E-state index in [-0.39, 0.29) is 0 Å². The molecule has 2 heterocycles. The monoisotopic (exact) mass is 342 g/mol. The number of hydrogen-bond donors (Lipinski definition) is 2. The van der Waals surface area contributed by atoms with Crippen LogP contribution in [0.25, 0.3) is 5.82 Å². The number of rotatable bonds is 5. The zero-order chi connectivity index (χ0) is 17.1. The first kappa shape index (κ1) is 16.4. The summed E-state index contributed by atoms with van der Waals surface area (Å²) in [4.78, 5) is 9.24. The lowest BCUT2D eigenvalue weighted by Crippen LogP contribution is -2.15. The molecule has 124 valence electrons. The van der Waals surface area contributed by atoms with Gasteiger partial charge in [-0.3, -0.25) is 4.98 Å². The van der Waals surface area contributed by atoms with E-state index in [0.717, 1.165) is 22.8 Å². The number of aromatic nitrogens is 4. The minimum Gasteiger partial charge on any atom is -0.339 e. The van der Waals surface area contributed by atoms with Crippen molar-refractivity contribution >= 4 is 23.1 Å². The fourth-order valence-electron chi connectivity index (χ4n) is 2.45. The highest BCUT2D eigenvalue weighted by molar-refractivity contribution is 6.30. The molecule has 2 aromatic heterocycles. The molecule has 2 N–H and O–H groups in total. The molecule has 0 amide bonds. The lowest BCUT2D eigenvalue weighted by atomic mass is 10.3. The van der Waals surface area contributed by atoms with Gasteiger partial charge in [-0.15, -0.1) is 0 Å². The molecule has 0 saturated heterocycles. The second-order valence-corrected chi connectivity index (χ2v) is 5.96. The minimum absolute atomic E-state index is 0.613. The van der Waals surface area contributed by atoms with E-state index in [4.69, 9.17) is 16.6 Å². The first-order chi connectivity index (χ1) is 11.6. The number of aryl methyl sites for hydroxylation is 2. The average molecular weight is 343 g/mol. The van der Waals surface area contributed by atoms with E-state index in [1.165, 1.54) is 0 Å². The van der Waals surface area contributed by atoms with Crippen molar-refractivity contribution in [3.63, 3.8) is 0 Å². The van der Waals surface area contributed by atoms with E-state index >= 15 is 0 Å². The summed E-state index contributed by atoms with van der Waals surface area (Å²) in [5.41, 5.74) is 3.70. The van der Waals surface area contributed by atoms with Gasteiger partial charge in [0.1, 0.15) is 0 Å². The van der Waals surface area contributed by atoms with Crippen LogP contribution < -0.4 is 10.6 Å². The standard InChI is InChI=1S/C17H19ClN6/c1-11-8-12(2)24(23-11)17-15(9-19-3)20-10-16(22-17)21-14-6-4-13(18)5-7-14/h4-8,10,19H,9H2,1-3H3,(H,21,22). The fraction of sp³-hybridized carbons (Fsp3) is 0.235.